The minimum atomic E-state index is -0.357. The number of benzene rings is 1. The topological polar surface area (TPSA) is 78.4 Å². The summed E-state index contributed by atoms with van der Waals surface area (Å²) >= 11 is 3.43. The van der Waals surface area contributed by atoms with Gasteiger partial charge < -0.3 is 15.1 Å². The highest BCUT2D eigenvalue weighted by Gasteiger charge is 2.35. The second kappa shape index (κ2) is 8.90. The van der Waals surface area contributed by atoms with Crippen LogP contribution in [0.2, 0.25) is 0 Å². The Morgan fingerprint density at radius 3 is 2.83 bits per heavy atom. The monoisotopic (exact) mass is 457 g/mol. The van der Waals surface area contributed by atoms with Crippen LogP contribution in [0.1, 0.15) is 31.4 Å². The quantitative estimate of drug-likeness (QED) is 0.746. The van der Waals surface area contributed by atoms with Crippen molar-refractivity contribution in [3.63, 3.8) is 0 Å². The number of amides is 2. The lowest BCUT2D eigenvalue weighted by atomic mass is 10.1. The molecular formula is C21H24BrN5O2. The van der Waals surface area contributed by atoms with Gasteiger partial charge >= 0.3 is 0 Å². The number of hydrogen-bond acceptors (Lipinski definition) is 5. The third kappa shape index (κ3) is 4.75. The zero-order valence-electron chi connectivity index (χ0n) is 16.2. The van der Waals surface area contributed by atoms with Crippen LogP contribution in [0.15, 0.2) is 41.0 Å². The molecule has 2 aromatic rings. The van der Waals surface area contributed by atoms with Crippen molar-refractivity contribution in [2.24, 2.45) is 5.92 Å². The first-order chi connectivity index (χ1) is 14.1. The van der Waals surface area contributed by atoms with Crippen molar-refractivity contribution in [3.8, 4) is 0 Å². The van der Waals surface area contributed by atoms with Gasteiger partial charge in [-0.15, -0.1) is 0 Å². The minimum absolute atomic E-state index is 0.0299. The van der Waals surface area contributed by atoms with Gasteiger partial charge in [-0.2, -0.15) is 0 Å². The third-order valence-corrected chi connectivity index (χ3v) is 5.89. The van der Waals surface area contributed by atoms with E-state index in [0.717, 1.165) is 47.7 Å². The molecule has 0 radical (unpaired) electrons. The highest BCUT2D eigenvalue weighted by Crippen LogP contribution is 2.27. The van der Waals surface area contributed by atoms with E-state index < -0.39 is 0 Å². The summed E-state index contributed by atoms with van der Waals surface area (Å²) in [4.78, 5) is 37.9. The normalized spacial score (nSPS) is 19.5. The number of hydrogen-bond donors (Lipinski definition) is 1. The number of nitrogens with zero attached hydrogens (tertiary/aromatic N) is 4. The lowest BCUT2D eigenvalue weighted by Gasteiger charge is -2.26. The van der Waals surface area contributed by atoms with E-state index in [2.05, 4.69) is 36.1 Å². The van der Waals surface area contributed by atoms with Gasteiger partial charge in [0, 0.05) is 42.4 Å². The number of halogens is 1. The molecule has 152 valence electrons. The average molecular weight is 458 g/mol. The first kappa shape index (κ1) is 19.8. The first-order valence-electron chi connectivity index (χ1n) is 10.0. The van der Waals surface area contributed by atoms with Crippen LogP contribution in [0.25, 0.3) is 0 Å². The van der Waals surface area contributed by atoms with Crippen molar-refractivity contribution in [2.75, 3.05) is 29.4 Å². The Morgan fingerprint density at radius 2 is 2.03 bits per heavy atom. The molecule has 1 aromatic carbocycles. The van der Waals surface area contributed by atoms with Gasteiger partial charge in [0.15, 0.2) is 0 Å². The van der Waals surface area contributed by atoms with E-state index in [9.17, 15) is 9.59 Å². The van der Waals surface area contributed by atoms with Crippen LogP contribution in [-0.4, -0.2) is 41.4 Å². The van der Waals surface area contributed by atoms with Crippen LogP contribution in [-0.2, 0) is 16.1 Å². The van der Waals surface area contributed by atoms with Crippen molar-refractivity contribution in [3.05, 3.63) is 46.7 Å². The lowest BCUT2D eigenvalue weighted by Crippen LogP contribution is -2.33. The Kier molecular flexibility index (Phi) is 6.08. The van der Waals surface area contributed by atoms with Gasteiger partial charge in [-0.25, -0.2) is 9.97 Å². The Morgan fingerprint density at radius 1 is 1.21 bits per heavy atom. The molecule has 7 nitrogen and oxygen atoms in total. The van der Waals surface area contributed by atoms with Crippen LogP contribution in [0.4, 0.5) is 11.6 Å². The molecule has 29 heavy (non-hydrogen) atoms. The summed E-state index contributed by atoms with van der Waals surface area (Å²) in [6.07, 6.45) is 5.54. The average Bonchev–Trinajstić information content (AvgIpc) is 3.15. The molecule has 1 aromatic heterocycles. The minimum Gasteiger partial charge on any atom is -0.350 e. The van der Waals surface area contributed by atoms with E-state index >= 15 is 0 Å². The molecule has 4 rings (SSSR count). The largest absolute Gasteiger partial charge is 0.350 e. The molecule has 0 bridgehead atoms. The van der Waals surface area contributed by atoms with Crippen molar-refractivity contribution in [1.29, 1.82) is 0 Å². The molecule has 2 fully saturated rings. The van der Waals surface area contributed by atoms with E-state index in [0.29, 0.717) is 13.1 Å². The molecule has 3 heterocycles. The second-order valence-electron chi connectivity index (χ2n) is 7.50. The first-order valence-corrected chi connectivity index (χ1v) is 10.8. The SMILES string of the molecule is O=C(NCc1ccnc(N2CCCCC2)n1)C1CC(=O)N(c2cccc(Br)c2)C1. The molecule has 1 N–H and O–H groups in total. The summed E-state index contributed by atoms with van der Waals surface area (Å²) in [5, 5.41) is 2.94. The molecule has 2 aliphatic heterocycles. The molecule has 8 heteroatoms. The zero-order chi connectivity index (χ0) is 20.2. The number of piperidine rings is 1. The second-order valence-corrected chi connectivity index (χ2v) is 8.41. The fourth-order valence-electron chi connectivity index (χ4n) is 3.83. The fraction of sp³-hybridized carbons (Fsp3) is 0.429. The third-order valence-electron chi connectivity index (χ3n) is 5.40. The van der Waals surface area contributed by atoms with E-state index in [1.165, 1.54) is 6.42 Å². The zero-order valence-corrected chi connectivity index (χ0v) is 17.8. The summed E-state index contributed by atoms with van der Waals surface area (Å²) in [5.41, 5.74) is 1.59. The van der Waals surface area contributed by atoms with Gasteiger partial charge in [0.05, 0.1) is 18.2 Å². The van der Waals surface area contributed by atoms with E-state index in [-0.39, 0.29) is 24.2 Å². The van der Waals surface area contributed by atoms with Crippen LogP contribution >= 0.6 is 15.9 Å². The Bertz CT molecular complexity index is 900. The fourth-order valence-corrected chi connectivity index (χ4v) is 4.22. The van der Waals surface area contributed by atoms with Gasteiger partial charge in [-0.3, -0.25) is 9.59 Å². The van der Waals surface area contributed by atoms with Crippen LogP contribution < -0.4 is 15.1 Å². The van der Waals surface area contributed by atoms with E-state index in [1.54, 1.807) is 11.1 Å². The Labute approximate surface area is 178 Å². The summed E-state index contributed by atoms with van der Waals surface area (Å²) in [7, 11) is 0. The van der Waals surface area contributed by atoms with Crippen LogP contribution in [0.3, 0.4) is 0 Å². The summed E-state index contributed by atoms with van der Waals surface area (Å²) < 4.78 is 0.906. The highest BCUT2D eigenvalue weighted by atomic mass is 79.9. The highest BCUT2D eigenvalue weighted by molar-refractivity contribution is 9.10. The van der Waals surface area contributed by atoms with Gasteiger partial charge in [0.2, 0.25) is 17.8 Å². The number of carbonyl (C=O) groups is 2. The molecular weight excluding hydrogens is 434 g/mol. The molecule has 0 saturated carbocycles. The Balaban J connectivity index is 1.35. The molecule has 1 atom stereocenters. The van der Waals surface area contributed by atoms with Crippen molar-refractivity contribution >= 4 is 39.4 Å². The maximum Gasteiger partial charge on any atom is 0.227 e. The van der Waals surface area contributed by atoms with E-state index in [4.69, 9.17) is 0 Å². The van der Waals surface area contributed by atoms with E-state index in [1.807, 2.05) is 30.3 Å². The molecule has 2 amide bonds. The predicted octanol–water partition coefficient (Wildman–Crippen LogP) is 2.90. The summed E-state index contributed by atoms with van der Waals surface area (Å²) in [6, 6.07) is 9.39. The number of anilines is 2. The maximum absolute atomic E-state index is 12.6. The number of rotatable bonds is 5. The summed E-state index contributed by atoms with van der Waals surface area (Å²) in [6.45, 7) is 2.69. The molecule has 1 unspecified atom stereocenters. The molecule has 0 spiro atoms. The Hall–Kier alpha value is -2.48. The van der Waals surface area contributed by atoms with Crippen LogP contribution in [0.5, 0.6) is 0 Å². The number of carbonyl (C=O) groups excluding carboxylic acids is 2. The molecule has 0 aliphatic carbocycles. The predicted molar refractivity (Wildman–Crippen MR) is 115 cm³/mol. The summed E-state index contributed by atoms with van der Waals surface area (Å²) in [5.74, 6) is 0.227. The lowest BCUT2D eigenvalue weighted by molar-refractivity contribution is -0.126. The number of aromatic nitrogens is 2. The van der Waals surface area contributed by atoms with Gasteiger partial charge in [-0.05, 0) is 43.5 Å². The number of nitrogens with one attached hydrogen (secondary N) is 1. The van der Waals surface area contributed by atoms with Crippen LogP contribution in [0, 0.1) is 5.92 Å². The smallest absolute Gasteiger partial charge is 0.227 e. The van der Waals surface area contributed by atoms with Crippen molar-refractivity contribution < 1.29 is 9.59 Å². The molecule has 2 saturated heterocycles. The van der Waals surface area contributed by atoms with Gasteiger partial charge in [0.25, 0.3) is 0 Å². The van der Waals surface area contributed by atoms with Gasteiger partial charge in [-0.1, -0.05) is 22.0 Å². The van der Waals surface area contributed by atoms with Gasteiger partial charge in [0.1, 0.15) is 0 Å². The maximum atomic E-state index is 12.6. The standard InChI is InChI=1S/C21H24BrN5O2/c22-16-5-4-6-18(12-16)27-14-15(11-19(27)28)20(29)24-13-17-7-8-23-21(25-17)26-9-2-1-3-10-26/h4-8,12,15H,1-3,9-11,13-14H2,(H,24,29). The van der Waals surface area contributed by atoms with Crippen molar-refractivity contribution in [1.82, 2.24) is 15.3 Å². The van der Waals surface area contributed by atoms with Crippen molar-refractivity contribution in [2.45, 2.75) is 32.2 Å². The molecule has 2 aliphatic rings.